The van der Waals surface area contributed by atoms with Gasteiger partial charge in [0.1, 0.15) is 0 Å². The second kappa shape index (κ2) is 7.63. The summed E-state index contributed by atoms with van der Waals surface area (Å²) in [5, 5.41) is 9.48. The van der Waals surface area contributed by atoms with E-state index in [-0.39, 0.29) is 21.9 Å². The highest BCUT2D eigenvalue weighted by molar-refractivity contribution is 6.01. The molecule has 7 heteroatoms. The zero-order chi connectivity index (χ0) is 22.3. The van der Waals surface area contributed by atoms with E-state index in [0.717, 1.165) is 11.6 Å². The number of hydrogen-bond donors (Lipinski definition) is 2. The van der Waals surface area contributed by atoms with E-state index >= 15 is 0 Å². The Labute approximate surface area is 171 Å². The number of fused-ring (bicyclic) bond motifs is 1. The van der Waals surface area contributed by atoms with Crippen molar-refractivity contribution in [1.82, 2.24) is 4.98 Å². The van der Waals surface area contributed by atoms with Gasteiger partial charge in [-0.1, -0.05) is 51.1 Å². The Balaban J connectivity index is 1.98. The van der Waals surface area contributed by atoms with Crippen LogP contribution in [-0.2, 0) is 16.4 Å². The second-order valence-corrected chi connectivity index (χ2v) is 8.32. The van der Waals surface area contributed by atoms with Crippen molar-refractivity contribution in [3.8, 4) is 0 Å². The summed E-state index contributed by atoms with van der Waals surface area (Å²) in [5.41, 5.74) is 0.427. The number of aliphatic carboxylic acids is 1. The first-order valence-corrected chi connectivity index (χ1v) is 9.43. The molecule has 0 aliphatic heterocycles. The first-order chi connectivity index (χ1) is 13.9. The molecular formula is C23H22F3NO3. The van der Waals surface area contributed by atoms with Crippen molar-refractivity contribution in [3.05, 3.63) is 70.9 Å². The number of ketones is 1. The van der Waals surface area contributed by atoms with Gasteiger partial charge in [-0.25, -0.2) is 0 Å². The molecule has 0 fully saturated rings. The molecule has 1 aromatic heterocycles. The highest BCUT2D eigenvalue weighted by atomic mass is 19.4. The number of alkyl halides is 3. The molecule has 3 rings (SSSR count). The summed E-state index contributed by atoms with van der Waals surface area (Å²) in [7, 11) is 0. The van der Waals surface area contributed by atoms with Gasteiger partial charge in [0.2, 0.25) is 0 Å². The van der Waals surface area contributed by atoms with Crippen molar-refractivity contribution >= 4 is 22.7 Å². The van der Waals surface area contributed by atoms with Gasteiger partial charge >= 0.3 is 12.1 Å². The lowest BCUT2D eigenvalue weighted by Gasteiger charge is -2.19. The molecule has 1 heterocycles. The van der Waals surface area contributed by atoms with Crippen LogP contribution in [0.4, 0.5) is 13.2 Å². The number of carboxylic acid groups (broad SMARTS) is 1. The van der Waals surface area contributed by atoms with E-state index < -0.39 is 35.8 Å². The molecule has 0 saturated heterocycles. The van der Waals surface area contributed by atoms with E-state index in [1.54, 1.807) is 24.3 Å². The molecule has 0 aliphatic carbocycles. The zero-order valence-corrected chi connectivity index (χ0v) is 16.8. The molecule has 30 heavy (non-hydrogen) atoms. The van der Waals surface area contributed by atoms with Gasteiger partial charge in [0, 0.05) is 29.1 Å². The average Bonchev–Trinajstić information content (AvgIpc) is 3.08. The summed E-state index contributed by atoms with van der Waals surface area (Å²) in [5.74, 6) is -3.20. The standard InChI is InChI=1S/C23H22F3NO3/c1-22(2,3)14-9-7-13(8-10-14)19(28)11-15(21(29)30)16-12-27-18-6-4-5-17(20(16)18)23(24,25)26/h4-10,12,15,27H,11H2,1-3H3,(H,29,30). The van der Waals surface area contributed by atoms with Crippen LogP contribution in [0.25, 0.3) is 10.9 Å². The first kappa shape index (κ1) is 21.6. The molecule has 4 nitrogen and oxygen atoms in total. The van der Waals surface area contributed by atoms with Gasteiger partial charge in [-0.2, -0.15) is 13.2 Å². The van der Waals surface area contributed by atoms with Crippen LogP contribution in [0.2, 0.25) is 0 Å². The molecule has 0 radical (unpaired) electrons. The number of carboxylic acids is 1. The molecule has 2 N–H and O–H groups in total. The fourth-order valence-corrected chi connectivity index (χ4v) is 3.51. The minimum atomic E-state index is -4.65. The number of Topliss-reactive ketones (excluding diaryl/α,β-unsaturated/α-hetero) is 1. The maximum Gasteiger partial charge on any atom is 0.417 e. The Kier molecular flexibility index (Phi) is 5.50. The van der Waals surface area contributed by atoms with Crippen LogP contribution >= 0.6 is 0 Å². The van der Waals surface area contributed by atoms with Gasteiger partial charge in [0.25, 0.3) is 0 Å². The quantitative estimate of drug-likeness (QED) is 0.506. The maximum absolute atomic E-state index is 13.5. The lowest BCUT2D eigenvalue weighted by atomic mass is 9.85. The third-order valence-corrected chi connectivity index (χ3v) is 5.18. The lowest BCUT2D eigenvalue weighted by Crippen LogP contribution is -2.17. The van der Waals surface area contributed by atoms with Crippen molar-refractivity contribution in [2.24, 2.45) is 0 Å². The number of nitrogens with one attached hydrogen (secondary N) is 1. The van der Waals surface area contributed by atoms with Crippen molar-refractivity contribution in [2.45, 2.75) is 44.7 Å². The number of H-pyrrole nitrogens is 1. The Hall–Kier alpha value is -3.09. The van der Waals surface area contributed by atoms with Gasteiger partial charge in [-0.15, -0.1) is 0 Å². The predicted octanol–water partition coefficient (Wildman–Crippen LogP) is 5.93. The molecule has 0 amide bonds. The summed E-state index contributed by atoms with van der Waals surface area (Å²) >= 11 is 0. The van der Waals surface area contributed by atoms with Crippen LogP contribution in [0, 0.1) is 0 Å². The van der Waals surface area contributed by atoms with Crippen LogP contribution in [-0.4, -0.2) is 21.8 Å². The zero-order valence-electron chi connectivity index (χ0n) is 16.8. The Bertz CT molecular complexity index is 1090. The van der Waals surface area contributed by atoms with E-state index in [4.69, 9.17) is 0 Å². The topological polar surface area (TPSA) is 70.2 Å². The monoisotopic (exact) mass is 417 g/mol. The first-order valence-electron chi connectivity index (χ1n) is 9.43. The smallest absolute Gasteiger partial charge is 0.417 e. The molecule has 0 saturated carbocycles. The van der Waals surface area contributed by atoms with Crippen LogP contribution < -0.4 is 0 Å². The van der Waals surface area contributed by atoms with Crippen LogP contribution in [0.3, 0.4) is 0 Å². The second-order valence-electron chi connectivity index (χ2n) is 8.32. The van der Waals surface area contributed by atoms with E-state index in [1.807, 2.05) is 20.8 Å². The van der Waals surface area contributed by atoms with Gasteiger partial charge in [0.15, 0.2) is 5.78 Å². The largest absolute Gasteiger partial charge is 0.481 e. The van der Waals surface area contributed by atoms with Crippen molar-refractivity contribution in [2.75, 3.05) is 0 Å². The molecule has 1 unspecified atom stereocenters. The fourth-order valence-electron chi connectivity index (χ4n) is 3.51. The molecule has 1 atom stereocenters. The molecule has 2 aromatic carbocycles. The number of hydrogen-bond acceptors (Lipinski definition) is 2. The number of rotatable bonds is 5. The van der Waals surface area contributed by atoms with Crippen molar-refractivity contribution in [3.63, 3.8) is 0 Å². The minimum absolute atomic E-state index is 0.0508. The maximum atomic E-state index is 13.5. The van der Waals surface area contributed by atoms with E-state index in [0.29, 0.717) is 5.56 Å². The minimum Gasteiger partial charge on any atom is -0.481 e. The summed E-state index contributed by atoms with van der Waals surface area (Å²) < 4.78 is 40.4. The number of benzene rings is 2. The number of carbonyl (C=O) groups excluding carboxylic acids is 1. The van der Waals surface area contributed by atoms with Crippen LogP contribution in [0.5, 0.6) is 0 Å². The third-order valence-electron chi connectivity index (χ3n) is 5.18. The molecular weight excluding hydrogens is 395 g/mol. The number of aromatic nitrogens is 1. The van der Waals surface area contributed by atoms with E-state index in [2.05, 4.69) is 4.98 Å². The van der Waals surface area contributed by atoms with Gasteiger partial charge in [-0.3, -0.25) is 9.59 Å². The number of halogens is 3. The molecule has 0 spiro atoms. The summed E-state index contributed by atoms with van der Waals surface area (Å²) in [4.78, 5) is 27.3. The van der Waals surface area contributed by atoms with Crippen molar-refractivity contribution in [1.29, 1.82) is 0 Å². The van der Waals surface area contributed by atoms with Gasteiger partial charge in [0.05, 0.1) is 11.5 Å². The summed E-state index contributed by atoms with van der Waals surface area (Å²) in [6.45, 7) is 6.08. The highest BCUT2D eigenvalue weighted by Gasteiger charge is 2.36. The van der Waals surface area contributed by atoms with Gasteiger partial charge < -0.3 is 10.1 Å². The lowest BCUT2D eigenvalue weighted by molar-refractivity contribution is -0.139. The SMILES string of the molecule is CC(C)(C)c1ccc(C(=O)CC(C(=O)O)c2c[nH]c3cccc(C(F)(F)F)c23)cc1. The number of aromatic amines is 1. The predicted molar refractivity (Wildman–Crippen MR) is 108 cm³/mol. The normalized spacial score (nSPS) is 13.4. The summed E-state index contributed by atoms with van der Waals surface area (Å²) in [6, 6.07) is 10.5. The third kappa shape index (κ3) is 4.25. The van der Waals surface area contributed by atoms with Crippen LogP contribution in [0.15, 0.2) is 48.7 Å². The number of carbonyl (C=O) groups is 2. The van der Waals surface area contributed by atoms with Gasteiger partial charge in [-0.05, 0) is 28.7 Å². The molecule has 0 aliphatic rings. The van der Waals surface area contributed by atoms with E-state index in [1.165, 1.54) is 18.3 Å². The van der Waals surface area contributed by atoms with Crippen LogP contribution in [0.1, 0.15) is 60.2 Å². The Morgan fingerprint density at radius 1 is 1.03 bits per heavy atom. The molecule has 0 bridgehead atoms. The Morgan fingerprint density at radius 3 is 2.20 bits per heavy atom. The average molecular weight is 417 g/mol. The van der Waals surface area contributed by atoms with Crippen molar-refractivity contribution < 1.29 is 27.9 Å². The highest BCUT2D eigenvalue weighted by Crippen LogP contribution is 2.39. The molecule has 158 valence electrons. The Morgan fingerprint density at radius 2 is 1.67 bits per heavy atom. The fraction of sp³-hybridized carbons (Fsp3) is 0.304. The molecule has 3 aromatic rings. The summed E-state index contributed by atoms with van der Waals surface area (Å²) in [6.07, 6.45) is -3.84. The van der Waals surface area contributed by atoms with E-state index in [9.17, 15) is 27.9 Å².